The quantitative estimate of drug-likeness (QED) is 0.809. The molecule has 2 saturated carbocycles. The van der Waals surface area contributed by atoms with Gasteiger partial charge in [0.15, 0.2) is 0 Å². The van der Waals surface area contributed by atoms with Gasteiger partial charge in [-0.15, -0.1) is 0 Å². The van der Waals surface area contributed by atoms with E-state index in [4.69, 9.17) is 0 Å². The normalized spacial score (nSPS) is 31.3. The first-order valence-corrected chi connectivity index (χ1v) is 8.52. The van der Waals surface area contributed by atoms with Gasteiger partial charge in [-0.25, -0.2) is 0 Å². The highest BCUT2D eigenvalue weighted by atomic mass is 15.2. The van der Waals surface area contributed by atoms with Crippen LogP contribution in [0.3, 0.4) is 0 Å². The number of nitrogens with zero attached hydrogens (tertiary/aromatic N) is 2. The summed E-state index contributed by atoms with van der Waals surface area (Å²) in [5.41, 5.74) is -0.257. The predicted molar refractivity (Wildman–Crippen MR) is 83.5 cm³/mol. The summed E-state index contributed by atoms with van der Waals surface area (Å²) >= 11 is 0. The van der Waals surface area contributed by atoms with E-state index >= 15 is 0 Å². The molecule has 2 aliphatic rings. The first-order valence-electron chi connectivity index (χ1n) is 8.52. The molecule has 3 heteroatoms. The largest absolute Gasteiger partial charge is 0.300 e. The molecule has 20 heavy (non-hydrogen) atoms. The Kier molecular flexibility index (Phi) is 5.46. The van der Waals surface area contributed by atoms with E-state index in [9.17, 15) is 5.26 Å². The van der Waals surface area contributed by atoms with Crippen molar-refractivity contribution in [3.05, 3.63) is 0 Å². The lowest BCUT2D eigenvalue weighted by Crippen LogP contribution is -2.47. The molecular formula is C17H31N3. The number of nitriles is 1. The summed E-state index contributed by atoms with van der Waals surface area (Å²) in [6, 6.07) is 3.96. The lowest BCUT2D eigenvalue weighted by molar-refractivity contribution is 0.117. The Morgan fingerprint density at radius 2 is 1.95 bits per heavy atom. The van der Waals surface area contributed by atoms with E-state index in [2.05, 4.69) is 37.1 Å². The molecule has 0 aromatic rings. The van der Waals surface area contributed by atoms with Gasteiger partial charge in [0.1, 0.15) is 5.54 Å². The summed E-state index contributed by atoms with van der Waals surface area (Å²) in [5.74, 6) is 0.715. The van der Waals surface area contributed by atoms with Gasteiger partial charge in [-0.1, -0.05) is 33.6 Å². The molecule has 114 valence electrons. The molecule has 2 unspecified atom stereocenters. The van der Waals surface area contributed by atoms with Crippen molar-refractivity contribution < 1.29 is 0 Å². The highest BCUT2D eigenvalue weighted by Gasteiger charge is 2.42. The Labute approximate surface area is 124 Å². The van der Waals surface area contributed by atoms with E-state index in [1.807, 2.05) is 0 Å². The van der Waals surface area contributed by atoms with E-state index in [1.165, 1.54) is 38.6 Å². The van der Waals surface area contributed by atoms with E-state index in [-0.39, 0.29) is 5.54 Å². The second-order valence-electron chi connectivity index (χ2n) is 7.15. The van der Waals surface area contributed by atoms with Gasteiger partial charge in [0.2, 0.25) is 0 Å². The maximum Gasteiger partial charge on any atom is 0.108 e. The first-order chi connectivity index (χ1) is 9.60. The van der Waals surface area contributed by atoms with Crippen molar-refractivity contribution in [3.63, 3.8) is 0 Å². The molecule has 1 N–H and O–H groups in total. The molecule has 3 nitrogen and oxygen atoms in total. The van der Waals surface area contributed by atoms with Gasteiger partial charge in [0, 0.05) is 18.6 Å². The van der Waals surface area contributed by atoms with E-state index < -0.39 is 0 Å². The van der Waals surface area contributed by atoms with Gasteiger partial charge in [-0.05, 0) is 44.6 Å². The Morgan fingerprint density at radius 1 is 1.25 bits per heavy atom. The fraction of sp³-hybridized carbons (Fsp3) is 0.941. The average molecular weight is 277 g/mol. The van der Waals surface area contributed by atoms with Crippen LogP contribution in [-0.4, -0.2) is 35.6 Å². The summed E-state index contributed by atoms with van der Waals surface area (Å²) in [7, 11) is 0. The maximum atomic E-state index is 9.56. The summed E-state index contributed by atoms with van der Waals surface area (Å²) in [4.78, 5) is 2.76. The van der Waals surface area contributed by atoms with Gasteiger partial charge in [0.05, 0.1) is 6.07 Å². The van der Waals surface area contributed by atoms with Crippen molar-refractivity contribution in [2.45, 2.75) is 83.3 Å². The number of hydrogen-bond acceptors (Lipinski definition) is 3. The monoisotopic (exact) mass is 277 g/mol. The minimum atomic E-state index is -0.257. The number of rotatable bonds is 6. The summed E-state index contributed by atoms with van der Waals surface area (Å²) in [5, 5.41) is 13.0. The lowest BCUT2D eigenvalue weighted by Gasteiger charge is -2.36. The molecule has 0 aromatic carbocycles. The van der Waals surface area contributed by atoms with Crippen LogP contribution >= 0.6 is 0 Å². The zero-order valence-corrected chi connectivity index (χ0v) is 13.5. The third-order valence-corrected chi connectivity index (χ3v) is 5.06. The fourth-order valence-electron chi connectivity index (χ4n) is 4.20. The highest BCUT2D eigenvalue weighted by molar-refractivity contribution is 5.13. The smallest absolute Gasteiger partial charge is 0.108 e. The van der Waals surface area contributed by atoms with Gasteiger partial charge in [-0.2, -0.15) is 5.26 Å². The van der Waals surface area contributed by atoms with Crippen LogP contribution in [0.1, 0.15) is 65.7 Å². The molecular weight excluding hydrogens is 246 g/mol. The summed E-state index contributed by atoms with van der Waals surface area (Å²) in [6.07, 6.45) is 8.73. The second-order valence-corrected chi connectivity index (χ2v) is 7.15. The topological polar surface area (TPSA) is 39.1 Å². The Morgan fingerprint density at radius 3 is 2.50 bits per heavy atom. The van der Waals surface area contributed by atoms with Crippen LogP contribution in [-0.2, 0) is 0 Å². The van der Waals surface area contributed by atoms with E-state index in [0.717, 1.165) is 25.4 Å². The van der Waals surface area contributed by atoms with Crippen molar-refractivity contribution in [1.29, 1.82) is 5.26 Å². The third kappa shape index (κ3) is 3.54. The molecule has 0 saturated heterocycles. The number of hydrogen-bond donors (Lipinski definition) is 1. The molecule has 0 aliphatic heterocycles. The molecule has 2 atom stereocenters. The van der Waals surface area contributed by atoms with Crippen molar-refractivity contribution in [2.75, 3.05) is 13.1 Å². The van der Waals surface area contributed by atoms with Crippen LogP contribution in [0.5, 0.6) is 0 Å². The molecule has 2 rings (SSSR count). The zero-order chi connectivity index (χ0) is 14.6. The van der Waals surface area contributed by atoms with Crippen LogP contribution in [0.25, 0.3) is 0 Å². The average Bonchev–Trinajstić information content (AvgIpc) is 3.06. The van der Waals surface area contributed by atoms with Crippen LogP contribution in [0.15, 0.2) is 0 Å². The van der Waals surface area contributed by atoms with Gasteiger partial charge in [-0.3, -0.25) is 10.2 Å². The van der Waals surface area contributed by atoms with Crippen molar-refractivity contribution >= 4 is 0 Å². The molecule has 0 amide bonds. The standard InChI is InChI=1S/C17H31N3/c1-4-19-17(13-18)10-9-16(11-17)20(12-14(2)3)15-7-5-6-8-15/h14-16,19H,4-12H2,1-3H3. The van der Waals surface area contributed by atoms with Gasteiger partial charge >= 0.3 is 0 Å². The minimum Gasteiger partial charge on any atom is -0.300 e. The van der Waals surface area contributed by atoms with Gasteiger partial charge in [0.25, 0.3) is 0 Å². The molecule has 0 spiro atoms. The zero-order valence-electron chi connectivity index (χ0n) is 13.5. The molecule has 0 heterocycles. The van der Waals surface area contributed by atoms with Crippen molar-refractivity contribution in [2.24, 2.45) is 5.92 Å². The SMILES string of the molecule is CCNC1(C#N)CCC(N(CC(C)C)C2CCCC2)C1. The summed E-state index contributed by atoms with van der Waals surface area (Å²) in [6.45, 7) is 8.84. The van der Waals surface area contributed by atoms with Crippen LogP contribution in [0, 0.1) is 17.2 Å². The first kappa shape index (κ1) is 15.8. The van der Waals surface area contributed by atoms with Crippen molar-refractivity contribution in [3.8, 4) is 6.07 Å². The lowest BCUT2D eigenvalue weighted by atomic mass is 9.98. The minimum absolute atomic E-state index is 0.257. The van der Waals surface area contributed by atoms with E-state index in [0.29, 0.717) is 12.0 Å². The van der Waals surface area contributed by atoms with Crippen LogP contribution in [0.2, 0.25) is 0 Å². The van der Waals surface area contributed by atoms with E-state index in [1.54, 1.807) is 0 Å². The summed E-state index contributed by atoms with van der Waals surface area (Å²) < 4.78 is 0. The van der Waals surface area contributed by atoms with Crippen LogP contribution < -0.4 is 5.32 Å². The Hall–Kier alpha value is -0.590. The maximum absolute atomic E-state index is 9.56. The van der Waals surface area contributed by atoms with Crippen molar-refractivity contribution in [1.82, 2.24) is 10.2 Å². The third-order valence-electron chi connectivity index (χ3n) is 5.06. The molecule has 2 fully saturated rings. The second kappa shape index (κ2) is 6.91. The fourth-order valence-corrected chi connectivity index (χ4v) is 4.20. The predicted octanol–water partition coefficient (Wildman–Crippen LogP) is 3.31. The highest BCUT2D eigenvalue weighted by Crippen LogP contribution is 2.36. The Bertz CT molecular complexity index is 341. The molecule has 0 radical (unpaired) electrons. The number of nitrogens with one attached hydrogen (secondary N) is 1. The molecule has 0 bridgehead atoms. The molecule has 0 aromatic heterocycles. The van der Waals surface area contributed by atoms with Gasteiger partial charge < -0.3 is 0 Å². The Balaban J connectivity index is 2.04. The molecule has 2 aliphatic carbocycles. The van der Waals surface area contributed by atoms with Crippen LogP contribution in [0.4, 0.5) is 0 Å².